The number of carbonyl (C=O) groups is 1. The third kappa shape index (κ3) is 3.76. The van der Waals surface area contributed by atoms with Crippen LogP contribution in [0, 0.1) is 0 Å². The van der Waals surface area contributed by atoms with E-state index in [4.69, 9.17) is 0 Å². The number of amides is 2. The maximum Gasteiger partial charge on any atom is 0.317 e. The van der Waals surface area contributed by atoms with E-state index in [0.29, 0.717) is 26.1 Å². The largest absolute Gasteiger partial charge is 0.383 e. The second kappa shape index (κ2) is 7.32. The first-order valence-corrected chi connectivity index (χ1v) is 9.22. The maximum atomic E-state index is 12.3. The van der Waals surface area contributed by atoms with Crippen LogP contribution < -0.4 is 5.32 Å². The molecule has 0 saturated carbocycles. The summed E-state index contributed by atoms with van der Waals surface area (Å²) in [5.41, 5.74) is 0.811. The number of benzene rings is 1. The number of aryl methyl sites for hydroxylation is 1. The molecule has 6 heteroatoms. The van der Waals surface area contributed by atoms with Gasteiger partial charge < -0.3 is 15.3 Å². The van der Waals surface area contributed by atoms with Crippen LogP contribution in [0.3, 0.4) is 0 Å². The molecule has 0 radical (unpaired) electrons. The molecule has 2 N–H and O–H groups in total. The van der Waals surface area contributed by atoms with Crippen LogP contribution in [0.25, 0.3) is 0 Å². The zero-order valence-electron chi connectivity index (χ0n) is 13.9. The highest BCUT2D eigenvalue weighted by Gasteiger charge is 2.39. The van der Waals surface area contributed by atoms with Crippen molar-refractivity contribution in [3.05, 3.63) is 52.0 Å². The molecule has 1 saturated heterocycles. The number of urea groups is 1. The third-order valence-corrected chi connectivity index (χ3v) is 5.29. The summed E-state index contributed by atoms with van der Waals surface area (Å²) >= 11 is 1.64. The van der Waals surface area contributed by atoms with Crippen molar-refractivity contribution in [3.8, 4) is 0 Å². The van der Waals surface area contributed by atoms with Crippen molar-refractivity contribution >= 4 is 17.4 Å². The van der Waals surface area contributed by atoms with Crippen LogP contribution in [0.1, 0.15) is 36.0 Å². The topological polar surface area (TPSA) is 65.5 Å². The minimum Gasteiger partial charge on any atom is -0.383 e. The van der Waals surface area contributed by atoms with Crippen LogP contribution in [-0.2, 0) is 18.6 Å². The fourth-order valence-electron chi connectivity index (χ4n) is 2.99. The molecule has 0 bridgehead atoms. The molecular weight excluding hydrogens is 322 g/mol. The Morgan fingerprint density at radius 3 is 2.96 bits per heavy atom. The number of carbonyl (C=O) groups excluding carboxylic acids is 1. The Labute approximate surface area is 146 Å². The molecule has 0 spiro atoms. The first-order chi connectivity index (χ1) is 11.6. The molecule has 1 atom stereocenters. The molecule has 24 heavy (non-hydrogen) atoms. The molecule has 1 aliphatic heterocycles. The predicted octanol–water partition coefficient (Wildman–Crippen LogP) is 2.90. The normalized spacial score (nSPS) is 20.3. The third-order valence-electron chi connectivity index (χ3n) is 4.33. The fourth-order valence-corrected chi connectivity index (χ4v) is 3.89. The van der Waals surface area contributed by atoms with Gasteiger partial charge >= 0.3 is 6.03 Å². The average molecular weight is 345 g/mol. The molecule has 0 unspecified atom stereocenters. The van der Waals surface area contributed by atoms with E-state index in [0.717, 1.165) is 29.1 Å². The Morgan fingerprint density at radius 2 is 2.21 bits per heavy atom. The number of aromatic nitrogens is 1. The number of thiazole rings is 1. The minimum absolute atomic E-state index is 0.146. The van der Waals surface area contributed by atoms with Gasteiger partial charge in [-0.05, 0) is 24.8 Å². The lowest BCUT2D eigenvalue weighted by Gasteiger charge is -2.24. The first-order valence-electron chi connectivity index (χ1n) is 8.35. The molecule has 5 nitrogen and oxygen atoms in total. The number of hydrogen-bond donors (Lipinski definition) is 2. The van der Waals surface area contributed by atoms with Gasteiger partial charge in [0.1, 0.15) is 5.60 Å². The smallest absolute Gasteiger partial charge is 0.317 e. The number of nitrogens with zero attached hydrogens (tertiary/aromatic N) is 2. The molecule has 128 valence electrons. The maximum absolute atomic E-state index is 12.3. The lowest BCUT2D eigenvalue weighted by molar-refractivity contribution is 0.0494. The highest BCUT2D eigenvalue weighted by molar-refractivity contribution is 7.09. The Morgan fingerprint density at radius 1 is 1.42 bits per heavy atom. The van der Waals surface area contributed by atoms with Crippen LogP contribution >= 0.6 is 11.3 Å². The summed E-state index contributed by atoms with van der Waals surface area (Å²) in [6.07, 6.45) is 2.61. The summed E-state index contributed by atoms with van der Waals surface area (Å²) in [4.78, 5) is 18.5. The standard InChI is InChI=1S/C18H23N3O2S/c1-2-6-16-20-15(12-24-16)11-19-17(22)21-10-9-18(23,13-21)14-7-4-3-5-8-14/h3-5,7-8,12,23H,2,6,9-11,13H2,1H3,(H,19,22)/t18-/m1/s1. The number of likely N-dealkylation sites (tertiary alicyclic amines) is 1. The second-order valence-corrected chi connectivity index (χ2v) is 7.15. The van der Waals surface area contributed by atoms with Crippen molar-refractivity contribution < 1.29 is 9.90 Å². The van der Waals surface area contributed by atoms with Gasteiger partial charge in [-0.1, -0.05) is 37.3 Å². The van der Waals surface area contributed by atoms with Crippen LogP contribution in [-0.4, -0.2) is 34.1 Å². The highest BCUT2D eigenvalue weighted by atomic mass is 32.1. The fraction of sp³-hybridized carbons (Fsp3) is 0.444. The van der Waals surface area contributed by atoms with Crippen molar-refractivity contribution in [1.82, 2.24) is 15.2 Å². The predicted molar refractivity (Wildman–Crippen MR) is 94.9 cm³/mol. The van der Waals surface area contributed by atoms with Crippen LogP contribution in [0.4, 0.5) is 4.79 Å². The SMILES string of the molecule is CCCc1nc(CNC(=O)N2CC[C@](O)(c3ccccc3)C2)cs1. The van der Waals surface area contributed by atoms with E-state index in [9.17, 15) is 9.90 Å². The molecule has 2 amide bonds. The highest BCUT2D eigenvalue weighted by Crippen LogP contribution is 2.31. The monoisotopic (exact) mass is 345 g/mol. The molecule has 2 aromatic rings. The van der Waals surface area contributed by atoms with Crippen LogP contribution in [0.15, 0.2) is 35.7 Å². The van der Waals surface area contributed by atoms with Gasteiger partial charge in [0.2, 0.25) is 0 Å². The summed E-state index contributed by atoms with van der Waals surface area (Å²) in [5, 5.41) is 16.8. The molecule has 0 aliphatic carbocycles. The van der Waals surface area contributed by atoms with Crippen molar-refractivity contribution in [2.24, 2.45) is 0 Å². The second-order valence-electron chi connectivity index (χ2n) is 6.21. The van der Waals surface area contributed by atoms with Gasteiger partial charge in [0, 0.05) is 11.9 Å². The molecule has 1 aromatic heterocycles. The van der Waals surface area contributed by atoms with Gasteiger partial charge in [-0.2, -0.15) is 0 Å². The van der Waals surface area contributed by atoms with Crippen molar-refractivity contribution in [1.29, 1.82) is 0 Å². The van der Waals surface area contributed by atoms with E-state index >= 15 is 0 Å². The van der Waals surface area contributed by atoms with Crippen molar-refractivity contribution in [3.63, 3.8) is 0 Å². The molecule has 2 heterocycles. The number of rotatable bonds is 5. The van der Waals surface area contributed by atoms with Crippen LogP contribution in [0.2, 0.25) is 0 Å². The molecular formula is C18H23N3O2S. The average Bonchev–Trinajstić information content (AvgIpc) is 3.22. The van der Waals surface area contributed by atoms with Crippen molar-refractivity contribution in [2.45, 2.75) is 38.3 Å². The van der Waals surface area contributed by atoms with Gasteiger partial charge in [0.05, 0.1) is 23.8 Å². The number of nitrogens with one attached hydrogen (secondary N) is 1. The lowest BCUT2D eigenvalue weighted by Crippen LogP contribution is -2.40. The molecule has 1 fully saturated rings. The zero-order chi connectivity index (χ0) is 17.0. The Bertz CT molecular complexity index is 689. The van der Waals surface area contributed by atoms with Gasteiger partial charge in [-0.15, -0.1) is 11.3 Å². The van der Waals surface area contributed by atoms with Crippen LogP contribution in [0.5, 0.6) is 0 Å². The van der Waals surface area contributed by atoms with E-state index in [1.807, 2.05) is 35.7 Å². The number of aliphatic hydroxyl groups is 1. The van der Waals surface area contributed by atoms with E-state index < -0.39 is 5.60 Å². The molecule has 3 rings (SSSR count). The van der Waals surface area contributed by atoms with E-state index in [1.165, 1.54) is 0 Å². The van der Waals surface area contributed by atoms with Gasteiger partial charge in [0.15, 0.2) is 0 Å². The van der Waals surface area contributed by atoms with Crippen molar-refractivity contribution in [2.75, 3.05) is 13.1 Å². The molecule has 1 aliphatic rings. The van der Waals surface area contributed by atoms with Gasteiger partial charge in [-0.25, -0.2) is 9.78 Å². The zero-order valence-corrected chi connectivity index (χ0v) is 14.7. The number of hydrogen-bond acceptors (Lipinski definition) is 4. The minimum atomic E-state index is -0.951. The Hall–Kier alpha value is -1.92. The summed E-state index contributed by atoms with van der Waals surface area (Å²) in [5.74, 6) is 0. The Balaban J connectivity index is 1.54. The van der Waals surface area contributed by atoms with E-state index in [1.54, 1.807) is 16.2 Å². The summed E-state index contributed by atoms with van der Waals surface area (Å²) in [7, 11) is 0. The Kier molecular flexibility index (Phi) is 5.16. The van der Waals surface area contributed by atoms with E-state index in [-0.39, 0.29) is 6.03 Å². The van der Waals surface area contributed by atoms with Gasteiger partial charge in [0.25, 0.3) is 0 Å². The quantitative estimate of drug-likeness (QED) is 0.876. The van der Waals surface area contributed by atoms with E-state index in [2.05, 4.69) is 17.2 Å². The van der Waals surface area contributed by atoms with Gasteiger partial charge in [-0.3, -0.25) is 0 Å². The molecule has 1 aromatic carbocycles. The summed E-state index contributed by atoms with van der Waals surface area (Å²) in [6, 6.07) is 9.41. The number of β-amino-alcohol motifs (C(OH)–C–C–N with tert-alkyl or cyclic N) is 1. The summed E-state index contributed by atoms with van der Waals surface area (Å²) in [6.45, 7) is 3.43. The first kappa shape index (κ1) is 16.9. The summed E-state index contributed by atoms with van der Waals surface area (Å²) < 4.78 is 0. The lowest BCUT2D eigenvalue weighted by atomic mass is 9.93.